The average molecular weight is 327 g/mol. The van der Waals surface area contributed by atoms with Crippen LogP contribution in [0.4, 0.5) is 0 Å². The third-order valence-electron chi connectivity index (χ3n) is 3.51. The minimum atomic E-state index is -3.46. The van der Waals surface area contributed by atoms with Crippen LogP contribution in [0.15, 0.2) is 20.8 Å². The number of rotatable bonds is 4. The summed E-state index contributed by atoms with van der Waals surface area (Å²) in [6, 6.07) is 3.34. The largest absolute Gasteiger partial charge is 0.420 e. The number of aryl methyl sites for hydroxylation is 1. The van der Waals surface area contributed by atoms with E-state index in [0.29, 0.717) is 20.9 Å². The Labute approximate surface area is 127 Å². The number of hydrogen-bond acceptors (Lipinski definition) is 6. The molecule has 0 atom stereocenters. The number of thiophene rings is 1. The fourth-order valence-corrected chi connectivity index (χ4v) is 5.02. The molecule has 114 valence electrons. The third-order valence-corrected chi connectivity index (χ3v) is 6.60. The lowest BCUT2D eigenvalue weighted by Crippen LogP contribution is -2.35. The van der Waals surface area contributed by atoms with Gasteiger partial charge in [-0.05, 0) is 25.0 Å². The van der Waals surface area contributed by atoms with Crippen LogP contribution in [0.25, 0.3) is 10.8 Å². The van der Waals surface area contributed by atoms with E-state index in [9.17, 15) is 8.42 Å². The van der Waals surface area contributed by atoms with Gasteiger partial charge >= 0.3 is 0 Å². The Balaban J connectivity index is 1.78. The Hall–Kier alpha value is -1.25. The number of sulfonamides is 1. The molecule has 0 aromatic carbocycles. The molecule has 1 fully saturated rings. The first-order valence-electron chi connectivity index (χ1n) is 6.97. The van der Waals surface area contributed by atoms with Crippen LogP contribution < -0.4 is 4.72 Å². The van der Waals surface area contributed by atoms with E-state index < -0.39 is 10.0 Å². The zero-order valence-corrected chi connectivity index (χ0v) is 13.3. The molecule has 0 amide bonds. The van der Waals surface area contributed by atoms with Crippen LogP contribution in [-0.4, -0.2) is 24.7 Å². The lowest BCUT2D eigenvalue weighted by molar-refractivity contribution is 0.412. The average Bonchev–Trinajstić information content (AvgIpc) is 3.08. The summed E-state index contributed by atoms with van der Waals surface area (Å²) >= 11 is 1.15. The molecular formula is C13H17N3O3S2. The van der Waals surface area contributed by atoms with Crippen LogP contribution >= 0.6 is 11.3 Å². The van der Waals surface area contributed by atoms with E-state index in [2.05, 4.69) is 14.9 Å². The van der Waals surface area contributed by atoms with Crippen molar-refractivity contribution in [2.75, 3.05) is 0 Å². The fourth-order valence-electron chi connectivity index (χ4n) is 2.47. The van der Waals surface area contributed by atoms with Gasteiger partial charge < -0.3 is 4.42 Å². The highest BCUT2D eigenvalue weighted by Crippen LogP contribution is 2.30. The molecule has 1 N–H and O–H groups in total. The van der Waals surface area contributed by atoms with Crippen LogP contribution in [0.1, 0.15) is 38.0 Å². The molecule has 0 spiro atoms. The van der Waals surface area contributed by atoms with Crippen LogP contribution in [-0.2, 0) is 10.0 Å². The first kappa shape index (κ1) is 14.7. The summed E-state index contributed by atoms with van der Waals surface area (Å²) in [6.07, 6.45) is 5.20. The van der Waals surface area contributed by atoms with Crippen LogP contribution in [0.2, 0.25) is 0 Å². The predicted octanol–water partition coefficient (Wildman–Crippen LogP) is 2.72. The van der Waals surface area contributed by atoms with Crippen LogP contribution in [0.5, 0.6) is 0 Å². The highest BCUT2D eigenvalue weighted by molar-refractivity contribution is 7.91. The summed E-state index contributed by atoms with van der Waals surface area (Å²) in [6.45, 7) is 1.70. The van der Waals surface area contributed by atoms with E-state index in [1.807, 2.05) is 0 Å². The highest BCUT2D eigenvalue weighted by Gasteiger charge is 2.24. The van der Waals surface area contributed by atoms with Gasteiger partial charge in [0.2, 0.25) is 15.9 Å². The second kappa shape index (κ2) is 5.86. The van der Waals surface area contributed by atoms with Gasteiger partial charge in [-0.15, -0.1) is 21.5 Å². The van der Waals surface area contributed by atoms with Crippen molar-refractivity contribution in [3.63, 3.8) is 0 Å². The second-order valence-corrected chi connectivity index (χ2v) is 8.23. The Morgan fingerprint density at radius 2 is 2.00 bits per heavy atom. The molecule has 1 aliphatic carbocycles. The van der Waals surface area contributed by atoms with E-state index in [0.717, 1.165) is 37.0 Å². The van der Waals surface area contributed by atoms with Crippen molar-refractivity contribution in [1.29, 1.82) is 0 Å². The van der Waals surface area contributed by atoms with Gasteiger partial charge in [0.25, 0.3) is 5.89 Å². The Morgan fingerprint density at radius 3 is 2.67 bits per heavy atom. The highest BCUT2D eigenvalue weighted by atomic mass is 32.2. The molecule has 8 heteroatoms. The smallest absolute Gasteiger partial charge is 0.257 e. The topological polar surface area (TPSA) is 85.1 Å². The van der Waals surface area contributed by atoms with Gasteiger partial charge in [0, 0.05) is 13.0 Å². The zero-order valence-electron chi connectivity index (χ0n) is 11.7. The molecule has 0 aliphatic heterocycles. The van der Waals surface area contributed by atoms with Crippen molar-refractivity contribution < 1.29 is 12.8 Å². The predicted molar refractivity (Wildman–Crippen MR) is 79.5 cm³/mol. The molecule has 3 rings (SSSR count). The zero-order chi connectivity index (χ0) is 14.9. The van der Waals surface area contributed by atoms with E-state index in [1.165, 1.54) is 6.42 Å². The molecule has 0 saturated heterocycles. The first-order valence-corrected chi connectivity index (χ1v) is 9.27. The fraction of sp³-hybridized carbons (Fsp3) is 0.538. The first-order chi connectivity index (χ1) is 10.0. The summed E-state index contributed by atoms with van der Waals surface area (Å²) < 4.78 is 33.2. The maximum absolute atomic E-state index is 12.4. The summed E-state index contributed by atoms with van der Waals surface area (Å²) in [5, 5.41) is 7.66. The van der Waals surface area contributed by atoms with Crippen LogP contribution in [0, 0.1) is 6.92 Å². The monoisotopic (exact) mass is 327 g/mol. The number of hydrogen-bond donors (Lipinski definition) is 1. The van der Waals surface area contributed by atoms with Gasteiger partial charge in [-0.2, -0.15) is 0 Å². The molecule has 21 heavy (non-hydrogen) atoms. The van der Waals surface area contributed by atoms with Crippen molar-refractivity contribution in [1.82, 2.24) is 14.9 Å². The standard InChI is InChI=1S/C13H17N3O3S2/c1-9-14-15-13(19-9)11-7-8-12(20-11)21(17,18)16-10-5-3-2-4-6-10/h7-8,10,16H,2-6H2,1H3. The molecule has 0 bridgehead atoms. The van der Waals surface area contributed by atoms with Gasteiger partial charge in [-0.25, -0.2) is 13.1 Å². The molecule has 0 unspecified atom stereocenters. The van der Waals surface area contributed by atoms with Crippen molar-refractivity contribution >= 4 is 21.4 Å². The summed E-state index contributed by atoms with van der Waals surface area (Å²) in [7, 11) is -3.46. The Morgan fingerprint density at radius 1 is 1.24 bits per heavy atom. The van der Waals surface area contributed by atoms with Gasteiger partial charge in [-0.1, -0.05) is 19.3 Å². The number of aromatic nitrogens is 2. The summed E-state index contributed by atoms with van der Waals surface area (Å²) in [4.78, 5) is 0.666. The minimum absolute atomic E-state index is 0.0555. The minimum Gasteiger partial charge on any atom is -0.420 e. The van der Waals surface area contributed by atoms with Gasteiger partial charge in [0.1, 0.15) is 4.21 Å². The molecule has 1 aliphatic rings. The van der Waals surface area contributed by atoms with Crippen molar-refractivity contribution in [3.05, 3.63) is 18.0 Å². The van der Waals surface area contributed by atoms with Crippen molar-refractivity contribution in [2.24, 2.45) is 0 Å². The van der Waals surface area contributed by atoms with Gasteiger partial charge in [0.15, 0.2) is 0 Å². The Bertz CT molecular complexity index is 715. The van der Waals surface area contributed by atoms with Crippen LogP contribution in [0.3, 0.4) is 0 Å². The number of nitrogens with one attached hydrogen (secondary N) is 1. The van der Waals surface area contributed by atoms with E-state index >= 15 is 0 Å². The van der Waals surface area contributed by atoms with Crippen molar-refractivity contribution in [3.8, 4) is 10.8 Å². The lowest BCUT2D eigenvalue weighted by atomic mass is 9.96. The van der Waals surface area contributed by atoms with E-state index in [1.54, 1.807) is 19.1 Å². The molecule has 1 saturated carbocycles. The van der Waals surface area contributed by atoms with Gasteiger partial charge in [0.05, 0.1) is 4.88 Å². The van der Waals surface area contributed by atoms with Gasteiger partial charge in [-0.3, -0.25) is 0 Å². The normalized spacial score (nSPS) is 17.2. The lowest BCUT2D eigenvalue weighted by Gasteiger charge is -2.22. The molecule has 0 radical (unpaired) electrons. The SMILES string of the molecule is Cc1nnc(-c2ccc(S(=O)(=O)NC3CCCCC3)s2)o1. The summed E-state index contributed by atoms with van der Waals surface area (Å²) in [5.74, 6) is 0.819. The molecule has 2 aromatic rings. The second-order valence-electron chi connectivity index (χ2n) is 5.20. The molecule has 2 heterocycles. The quantitative estimate of drug-likeness (QED) is 0.933. The molecular weight excluding hydrogens is 310 g/mol. The third kappa shape index (κ3) is 3.33. The maximum Gasteiger partial charge on any atom is 0.257 e. The summed E-state index contributed by atoms with van der Waals surface area (Å²) in [5.41, 5.74) is 0. The maximum atomic E-state index is 12.4. The van der Waals surface area contributed by atoms with E-state index in [4.69, 9.17) is 4.42 Å². The van der Waals surface area contributed by atoms with E-state index in [-0.39, 0.29) is 6.04 Å². The van der Waals surface area contributed by atoms with Crippen molar-refractivity contribution in [2.45, 2.75) is 49.3 Å². The Kier molecular flexibility index (Phi) is 4.10. The number of nitrogens with zero attached hydrogens (tertiary/aromatic N) is 2. The molecule has 2 aromatic heterocycles. The molecule has 6 nitrogen and oxygen atoms in total.